The zero-order valence-electron chi connectivity index (χ0n) is 16.4. The summed E-state index contributed by atoms with van der Waals surface area (Å²) >= 11 is 0. The maximum atomic E-state index is 12.6. The van der Waals surface area contributed by atoms with Crippen LogP contribution in [0.3, 0.4) is 0 Å². The standard InChI is InChI=1S/C21H24N2O5/c1-25-15-5-6-16-13(12-23-17(16)11-15)7-8-22-21(24)14-9-18(26-2)20(28-4)19(10-14)27-3/h5-6,9-12,23H,7-8H2,1-4H3,(H,22,24). The molecular formula is C21H24N2O5. The lowest BCUT2D eigenvalue weighted by Gasteiger charge is -2.14. The Kier molecular flexibility index (Phi) is 5.93. The summed E-state index contributed by atoms with van der Waals surface area (Å²) in [6.07, 6.45) is 2.65. The van der Waals surface area contributed by atoms with Crippen molar-refractivity contribution in [2.24, 2.45) is 0 Å². The summed E-state index contributed by atoms with van der Waals surface area (Å²) in [6.45, 7) is 0.495. The third-order valence-electron chi connectivity index (χ3n) is 4.58. The molecule has 0 aliphatic carbocycles. The van der Waals surface area contributed by atoms with Gasteiger partial charge in [-0.2, -0.15) is 0 Å². The highest BCUT2D eigenvalue weighted by atomic mass is 16.5. The van der Waals surface area contributed by atoms with E-state index in [4.69, 9.17) is 18.9 Å². The highest BCUT2D eigenvalue weighted by molar-refractivity contribution is 5.95. The maximum Gasteiger partial charge on any atom is 0.251 e. The minimum atomic E-state index is -0.208. The SMILES string of the molecule is COc1ccc2c(CCNC(=O)c3cc(OC)c(OC)c(OC)c3)c[nH]c2c1. The molecular weight excluding hydrogens is 360 g/mol. The number of amides is 1. The number of aromatic nitrogens is 1. The van der Waals surface area contributed by atoms with Gasteiger partial charge in [-0.15, -0.1) is 0 Å². The first-order valence-electron chi connectivity index (χ1n) is 8.83. The van der Waals surface area contributed by atoms with Crippen LogP contribution in [0.2, 0.25) is 0 Å². The van der Waals surface area contributed by atoms with Crippen molar-refractivity contribution in [1.82, 2.24) is 10.3 Å². The minimum absolute atomic E-state index is 0.208. The van der Waals surface area contributed by atoms with E-state index in [1.165, 1.54) is 21.3 Å². The van der Waals surface area contributed by atoms with E-state index in [2.05, 4.69) is 10.3 Å². The van der Waals surface area contributed by atoms with Gasteiger partial charge in [0.15, 0.2) is 11.5 Å². The van der Waals surface area contributed by atoms with E-state index >= 15 is 0 Å². The fourth-order valence-corrected chi connectivity index (χ4v) is 3.12. The van der Waals surface area contributed by atoms with Crippen molar-refractivity contribution in [3.63, 3.8) is 0 Å². The number of nitrogens with one attached hydrogen (secondary N) is 2. The third kappa shape index (κ3) is 3.83. The van der Waals surface area contributed by atoms with Crippen LogP contribution in [-0.4, -0.2) is 45.9 Å². The minimum Gasteiger partial charge on any atom is -0.497 e. The molecule has 28 heavy (non-hydrogen) atoms. The maximum absolute atomic E-state index is 12.6. The highest BCUT2D eigenvalue weighted by Gasteiger charge is 2.17. The third-order valence-corrected chi connectivity index (χ3v) is 4.58. The van der Waals surface area contributed by atoms with Gasteiger partial charge in [-0.05, 0) is 36.2 Å². The van der Waals surface area contributed by atoms with Crippen molar-refractivity contribution in [3.05, 3.63) is 47.7 Å². The van der Waals surface area contributed by atoms with E-state index in [9.17, 15) is 4.79 Å². The number of hydrogen-bond donors (Lipinski definition) is 2. The summed E-state index contributed by atoms with van der Waals surface area (Å²) in [5.74, 6) is 1.93. The molecule has 1 amide bonds. The van der Waals surface area contributed by atoms with Crippen LogP contribution in [-0.2, 0) is 6.42 Å². The van der Waals surface area contributed by atoms with E-state index in [1.54, 1.807) is 19.2 Å². The van der Waals surface area contributed by atoms with E-state index < -0.39 is 0 Å². The Hall–Kier alpha value is -3.35. The molecule has 3 aromatic rings. The molecule has 2 aromatic carbocycles. The average molecular weight is 384 g/mol. The zero-order chi connectivity index (χ0) is 20.1. The lowest BCUT2D eigenvalue weighted by molar-refractivity contribution is 0.0953. The molecule has 0 aliphatic rings. The van der Waals surface area contributed by atoms with Gasteiger partial charge in [-0.25, -0.2) is 0 Å². The molecule has 0 spiro atoms. The molecule has 3 rings (SSSR count). The zero-order valence-corrected chi connectivity index (χ0v) is 16.4. The van der Waals surface area contributed by atoms with E-state index in [-0.39, 0.29) is 5.91 Å². The van der Waals surface area contributed by atoms with Gasteiger partial charge in [0.1, 0.15) is 5.75 Å². The second-order valence-corrected chi connectivity index (χ2v) is 6.15. The predicted octanol–water partition coefficient (Wildman–Crippen LogP) is 3.17. The molecule has 1 aromatic heterocycles. The second kappa shape index (κ2) is 8.56. The smallest absolute Gasteiger partial charge is 0.251 e. The fraction of sp³-hybridized carbons (Fsp3) is 0.286. The first-order valence-corrected chi connectivity index (χ1v) is 8.83. The van der Waals surface area contributed by atoms with Gasteiger partial charge in [-0.1, -0.05) is 0 Å². The van der Waals surface area contributed by atoms with Gasteiger partial charge in [0.25, 0.3) is 5.91 Å². The van der Waals surface area contributed by atoms with Crippen molar-refractivity contribution in [1.29, 1.82) is 0 Å². The Morgan fingerprint density at radius 3 is 2.29 bits per heavy atom. The van der Waals surface area contributed by atoms with E-state index in [1.807, 2.05) is 24.4 Å². The quantitative estimate of drug-likeness (QED) is 0.623. The molecule has 0 unspecified atom stereocenters. The number of ether oxygens (including phenoxy) is 4. The number of hydrogen-bond acceptors (Lipinski definition) is 5. The first kappa shape index (κ1) is 19.4. The Labute approximate surface area is 163 Å². The van der Waals surface area contributed by atoms with Gasteiger partial charge in [0, 0.05) is 35.3 Å². The largest absolute Gasteiger partial charge is 0.497 e. The number of methoxy groups -OCH3 is 4. The lowest BCUT2D eigenvalue weighted by Crippen LogP contribution is -2.25. The second-order valence-electron chi connectivity index (χ2n) is 6.15. The fourth-order valence-electron chi connectivity index (χ4n) is 3.12. The number of fused-ring (bicyclic) bond motifs is 1. The van der Waals surface area contributed by atoms with Crippen molar-refractivity contribution >= 4 is 16.8 Å². The monoisotopic (exact) mass is 384 g/mol. The van der Waals surface area contributed by atoms with Gasteiger partial charge in [0.05, 0.1) is 28.4 Å². The van der Waals surface area contributed by atoms with E-state index in [0.29, 0.717) is 35.8 Å². The number of carbonyl (C=O) groups is 1. The van der Waals surface area contributed by atoms with Crippen LogP contribution in [0.25, 0.3) is 10.9 Å². The summed E-state index contributed by atoms with van der Waals surface area (Å²) in [5.41, 5.74) is 2.58. The molecule has 1 heterocycles. The molecule has 0 radical (unpaired) electrons. The highest BCUT2D eigenvalue weighted by Crippen LogP contribution is 2.38. The number of carbonyl (C=O) groups excluding carboxylic acids is 1. The van der Waals surface area contributed by atoms with Crippen LogP contribution < -0.4 is 24.3 Å². The van der Waals surface area contributed by atoms with Gasteiger partial charge in [-0.3, -0.25) is 4.79 Å². The molecule has 0 saturated heterocycles. The van der Waals surface area contributed by atoms with Gasteiger partial charge >= 0.3 is 0 Å². The average Bonchev–Trinajstić information content (AvgIpc) is 3.14. The molecule has 7 nitrogen and oxygen atoms in total. The molecule has 0 saturated carbocycles. The lowest BCUT2D eigenvalue weighted by atomic mass is 10.1. The molecule has 0 atom stereocenters. The molecule has 0 aliphatic heterocycles. The van der Waals surface area contributed by atoms with Crippen LogP contribution in [0.5, 0.6) is 23.0 Å². The topological polar surface area (TPSA) is 81.8 Å². The summed E-state index contributed by atoms with van der Waals surface area (Å²) < 4.78 is 21.1. The Bertz CT molecular complexity index is 955. The van der Waals surface area contributed by atoms with Gasteiger partial charge in [0.2, 0.25) is 5.75 Å². The number of benzene rings is 2. The van der Waals surface area contributed by atoms with Crippen LogP contribution in [0.4, 0.5) is 0 Å². The molecule has 0 fully saturated rings. The van der Waals surface area contributed by atoms with Crippen LogP contribution in [0, 0.1) is 0 Å². The Morgan fingerprint density at radius 1 is 0.964 bits per heavy atom. The van der Waals surface area contributed by atoms with Crippen molar-refractivity contribution in [2.75, 3.05) is 35.0 Å². The van der Waals surface area contributed by atoms with Crippen LogP contribution >= 0.6 is 0 Å². The summed E-state index contributed by atoms with van der Waals surface area (Å²) in [4.78, 5) is 15.8. The summed E-state index contributed by atoms with van der Waals surface area (Å²) in [5, 5.41) is 4.05. The molecule has 7 heteroatoms. The normalized spacial score (nSPS) is 10.6. The molecule has 2 N–H and O–H groups in total. The van der Waals surface area contributed by atoms with Crippen molar-refractivity contribution in [2.45, 2.75) is 6.42 Å². The molecule has 148 valence electrons. The van der Waals surface area contributed by atoms with E-state index in [0.717, 1.165) is 22.2 Å². The van der Waals surface area contributed by atoms with Crippen LogP contribution in [0.15, 0.2) is 36.5 Å². The number of rotatable bonds is 8. The molecule has 0 bridgehead atoms. The number of H-pyrrole nitrogens is 1. The summed E-state index contributed by atoms with van der Waals surface area (Å²) in [7, 11) is 6.20. The number of aromatic amines is 1. The predicted molar refractivity (Wildman–Crippen MR) is 107 cm³/mol. The van der Waals surface area contributed by atoms with Crippen molar-refractivity contribution in [3.8, 4) is 23.0 Å². The summed E-state index contributed by atoms with van der Waals surface area (Å²) in [6, 6.07) is 9.16. The van der Waals surface area contributed by atoms with Crippen LogP contribution in [0.1, 0.15) is 15.9 Å². The van der Waals surface area contributed by atoms with Crippen molar-refractivity contribution < 1.29 is 23.7 Å². The Balaban J connectivity index is 1.69. The first-order chi connectivity index (χ1) is 13.6. The Morgan fingerprint density at radius 2 is 1.68 bits per heavy atom. The van der Waals surface area contributed by atoms with Gasteiger partial charge < -0.3 is 29.2 Å².